The van der Waals surface area contributed by atoms with Gasteiger partial charge in [0, 0.05) is 36.5 Å². The lowest BCUT2D eigenvalue weighted by molar-refractivity contribution is 0.151. The Balaban J connectivity index is 2.15. The lowest BCUT2D eigenvalue weighted by Gasteiger charge is -2.29. The molecule has 106 valence electrons. The van der Waals surface area contributed by atoms with Crippen LogP contribution in [-0.2, 0) is 6.54 Å². The van der Waals surface area contributed by atoms with Gasteiger partial charge in [0.2, 0.25) is 0 Å². The van der Waals surface area contributed by atoms with E-state index in [1.807, 2.05) is 36.5 Å². The highest BCUT2D eigenvalue weighted by Gasteiger charge is 2.16. The predicted octanol–water partition coefficient (Wildman–Crippen LogP) is 3.29. The normalized spacial score (nSPS) is 12.6. The van der Waals surface area contributed by atoms with E-state index in [2.05, 4.69) is 22.9 Å². The summed E-state index contributed by atoms with van der Waals surface area (Å²) in [5, 5.41) is 10.0. The molecule has 0 fully saturated rings. The van der Waals surface area contributed by atoms with Gasteiger partial charge in [0.05, 0.1) is 6.61 Å². The van der Waals surface area contributed by atoms with Crippen LogP contribution in [0.15, 0.2) is 48.8 Å². The molecule has 4 heteroatoms. The minimum absolute atomic E-state index is 0.130. The van der Waals surface area contributed by atoms with Gasteiger partial charge in [-0.2, -0.15) is 0 Å². The van der Waals surface area contributed by atoms with Gasteiger partial charge in [-0.15, -0.1) is 0 Å². The Kier molecular flexibility index (Phi) is 5.53. The van der Waals surface area contributed by atoms with Crippen LogP contribution in [0.5, 0.6) is 0 Å². The number of hydrogen-bond acceptors (Lipinski definition) is 3. The number of benzene rings is 1. The van der Waals surface area contributed by atoms with Crippen molar-refractivity contribution in [2.75, 3.05) is 13.2 Å². The molecule has 1 aromatic carbocycles. The standard InChI is InChI=1S/C16H19ClN2O/c1-13(15-5-2-6-16(17)10-15)19(8-9-20)12-14-4-3-7-18-11-14/h2-7,10-11,13,20H,8-9,12H2,1H3. The summed E-state index contributed by atoms with van der Waals surface area (Å²) in [7, 11) is 0. The lowest BCUT2D eigenvalue weighted by atomic mass is 10.1. The fourth-order valence-corrected chi connectivity index (χ4v) is 2.44. The molecule has 0 saturated carbocycles. The third-order valence-corrected chi connectivity index (χ3v) is 3.61. The molecule has 1 unspecified atom stereocenters. The predicted molar refractivity (Wildman–Crippen MR) is 81.6 cm³/mol. The van der Waals surface area contributed by atoms with Gasteiger partial charge < -0.3 is 5.11 Å². The topological polar surface area (TPSA) is 36.4 Å². The van der Waals surface area contributed by atoms with Gasteiger partial charge in [-0.05, 0) is 36.2 Å². The molecule has 2 aromatic rings. The molecule has 0 spiro atoms. The zero-order valence-corrected chi connectivity index (χ0v) is 12.3. The van der Waals surface area contributed by atoms with Crippen molar-refractivity contribution in [3.05, 3.63) is 64.9 Å². The maximum Gasteiger partial charge on any atom is 0.0558 e. The Hall–Kier alpha value is -1.42. The number of halogens is 1. The molecule has 2 rings (SSSR count). The average Bonchev–Trinajstić information content (AvgIpc) is 2.47. The van der Waals surface area contributed by atoms with Gasteiger partial charge in [0.1, 0.15) is 0 Å². The van der Waals surface area contributed by atoms with Crippen LogP contribution in [0, 0.1) is 0 Å². The lowest BCUT2D eigenvalue weighted by Crippen LogP contribution is -2.29. The molecule has 0 aliphatic carbocycles. The van der Waals surface area contributed by atoms with E-state index in [-0.39, 0.29) is 12.6 Å². The second-order valence-electron chi connectivity index (χ2n) is 4.79. The van der Waals surface area contributed by atoms with Crippen LogP contribution >= 0.6 is 11.6 Å². The summed E-state index contributed by atoms with van der Waals surface area (Å²) in [5.41, 5.74) is 2.28. The van der Waals surface area contributed by atoms with Crippen molar-refractivity contribution >= 4 is 11.6 Å². The van der Waals surface area contributed by atoms with Crippen molar-refractivity contribution in [2.24, 2.45) is 0 Å². The monoisotopic (exact) mass is 290 g/mol. The summed E-state index contributed by atoms with van der Waals surface area (Å²) in [4.78, 5) is 6.34. The zero-order valence-electron chi connectivity index (χ0n) is 11.5. The van der Waals surface area contributed by atoms with Crippen LogP contribution in [0.25, 0.3) is 0 Å². The fourth-order valence-electron chi connectivity index (χ4n) is 2.24. The SMILES string of the molecule is CC(c1cccc(Cl)c1)N(CCO)Cc1cccnc1. The molecule has 1 atom stereocenters. The van der Waals surface area contributed by atoms with E-state index in [1.165, 1.54) is 0 Å². The molecule has 0 aliphatic rings. The quantitative estimate of drug-likeness (QED) is 0.887. The highest BCUT2D eigenvalue weighted by Crippen LogP contribution is 2.24. The number of rotatable bonds is 6. The summed E-state index contributed by atoms with van der Waals surface area (Å²) >= 11 is 6.05. The molecule has 0 aliphatic heterocycles. The number of nitrogens with zero attached hydrogens (tertiary/aromatic N) is 2. The Morgan fingerprint density at radius 1 is 1.30 bits per heavy atom. The van der Waals surface area contributed by atoms with Gasteiger partial charge in [-0.3, -0.25) is 9.88 Å². The first-order valence-electron chi connectivity index (χ1n) is 6.70. The first-order valence-corrected chi connectivity index (χ1v) is 7.08. The highest BCUT2D eigenvalue weighted by atomic mass is 35.5. The van der Waals surface area contributed by atoms with Crippen molar-refractivity contribution in [3.8, 4) is 0 Å². The Morgan fingerprint density at radius 3 is 2.80 bits per heavy atom. The zero-order chi connectivity index (χ0) is 14.4. The molecule has 20 heavy (non-hydrogen) atoms. The highest BCUT2D eigenvalue weighted by molar-refractivity contribution is 6.30. The molecule has 0 saturated heterocycles. The number of aromatic nitrogens is 1. The minimum atomic E-state index is 0.130. The molecule has 1 heterocycles. The second-order valence-corrected chi connectivity index (χ2v) is 5.22. The van der Waals surface area contributed by atoms with Crippen LogP contribution in [0.2, 0.25) is 5.02 Å². The van der Waals surface area contributed by atoms with E-state index in [0.717, 1.165) is 22.7 Å². The molecule has 0 amide bonds. The Labute approximate surface area is 124 Å². The van der Waals surface area contributed by atoms with E-state index in [1.54, 1.807) is 6.20 Å². The van der Waals surface area contributed by atoms with Crippen molar-refractivity contribution in [1.29, 1.82) is 0 Å². The third-order valence-electron chi connectivity index (χ3n) is 3.37. The van der Waals surface area contributed by atoms with Crippen LogP contribution in [0.4, 0.5) is 0 Å². The van der Waals surface area contributed by atoms with Crippen LogP contribution < -0.4 is 0 Å². The molecule has 1 aromatic heterocycles. The number of pyridine rings is 1. The molecule has 0 radical (unpaired) electrons. The summed E-state index contributed by atoms with van der Waals surface area (Å²) in [6.07, 6.45) is 3.62. The number of aliphatic hydroxyl groups excluding tert-OH is 1. The molecular formula is C16H19ClN2O. The third kappa shape index (κ3) is 4.04. The maximum atomic E-state index is 9.28. The van der Waals surface area contributed by atoms with Crippen molar-refractivity contribution in [3.63, 3.8) is 0 Å². The first kappa shape index (κ1) is 15.0. The summed E-state index contributed by atoms with van der Waals surface area (Å²) in [6, 6.07) is 12.0. The Morgan fingerprint density at radius 2 is 2.15 bits per heavy atom. The van der Waals surface area contributed by atoms with Crippen LogP contribution in [0.3, 0.4) is 0 Å². The van der Waals surface area contributed by atoms with Crippen molar-refractivity contribution in [1.82, 2.24) is 9.88 Å². The summed E-state index contributed by atoms with van der Waals surface area (Å²) in [5.74, 6) is 0. The average molecular weight is 291 g/mol. The van der Waals surface area contributed by atoms with E-state index in [9.17, 15) is 5.11 Å². The van der Waals surface area contributed by atoms with E-state index >= 15 is 0 Å². The van der Waals surface area contributed by atoms with Crippen LogP contribution in [0.1, 0.15) is 24.1 Å². The molecule has 3 nitrogen and oxygen atoms in total. The fraction of sp³-hybridized carbons (Fsp3) is 0.312. The van der Waals surface area contributed by atoms with Crippen molar-refractivity contribution < 1.29 is 5.11 Å². The maximum absolute atomic E-state index is 9.28. The van der Waals surface area contributed by atoms with E-state index in [4.69, 9.17) is 11.6 Å². The first-order chi connectivity index (χ1) is 9.70. The van der Waals surface area contributed by atoms with Gasteiger partial charge >= 0.3 is 0 Å². The molecular weight excluding hydrogens is 272 g/mol. The molecule has 0 bridgehead atoms. The smallest absolute Gasteiger partial charge is 0.0558 e. The summed E-state index contributed by atoms with van der Waals surface area (Å²) in [6.45, 7) is 3.62. The second kappa shape index (κ2) is 7.39. The Bertz CT molecular complexity index is 533. The van der Waals surface area contributed by atoms with E-state index in [0.29, 0.717) is 6.54 Å². The largest absolute Gasteiger partial charge is 0.395 e. The minimum Gasteiger partial charge on any atom is -0.395 e. The van der Waals surface area contributed by atoms with Gasteiger partial charge in [-0.1, -0.05) is 29.8 Å². The van der Waals surface area contributed by atoms with Gasteiger partial charge in [0.15, 0.2) is 0 Å². The summed E-state index contributed by atoms with van der Waals surface area (Å²) < 4.78 is 0. The number of aliphatic hydroxyl groups is 1. The number of hydrogen-bond donors (Lipinski definition) is 1. The van der Waals surface area contributed by atoms with Crippen LogP contribution in [-0.4, -0.2) is 28.1 Å². The van der Waals surface area contributed by atoms with Gasteiger partial charge in [-0.25, -0.2) is 0 Å². The van der Waals surface area contributed by atoms with Crippen molar-refractivity contribution in [2.45, 2.75) is 19.5 Å². The van der Waals surface area contributed by atoms with E-state index < -0.39 is 0 Å². The molecule has 1 N–H and O–H groups in total. The van der Waals surface area contributed by atoms with Gasteiger partial charge in [0.25, 0.3) is 0 Å².